The third-order valence-electron chi connectivity index (χ3n) is 4.28. The molecule has 2 heterocycles. The van der Waals surface area contributed by atoms with E-state index in [1.165, 1.54) is 6.07 Å². The van der Waals surface area contributed by atoms with Gasteiger partial charge in [-0.1, -0.05) is 29.8 Å². The summed E-state index contributed by atoms with van der Waals surface area (Å²) in [4.78, 5) is 15.6. The lowest BCUT2D eigenvalue weighted by Gasteiger charge is -2.24. The molecule has 27 heavy (non-hydrogen) atoms. The molecule has 8 heteroatoms. The Kier molecular flexibility index (Phi) is 6.14. The quantitative estimate of drug-likeness (QED) is 0.833. The number of pyridine rings is 1. The Morgan fingerprint density at radius 3 is 2.67 bits per heavy atom. The lowest BCUT2D eigenvalue weighted by molar-refractivity contribution is -0.141. The summed E-state index contributed by atoms with van der Waals surface area (Å²) in [5.74, 6) is -0.151. The molecule has 0 saturated carbocycles. The number of nitrogens with one attached hydrogen (secondary N) is 1. The van der Waals surface area contributed by atoms with Gasteiger partial charge < -0.3 is 10.1 Å². The van der Waals surface area contributed by atoms with Gasteiger partial charge in [-0.15, -0.1) is 0 Å². The van der Waals surface area contributed by atoms with Crippen molar-refractivity contribution in [2.24, 2.45) is 0 Å². The number of benzene rings is 1. The Morgan fingerprint density at radius 1 is 1.26 bits per heavy atom. The summed E-state index contributed by atoms with van der Waals surface area (Å²) in [6.45, 7) is 2.15. The molecule has 1 N–H and O–H groups in total. The van der Waals surface area contributed by atoms with Crippen LogP contribution in [0, 0.1) is 0 Å². The van der Waals surface area contributed by atoms with Crippen molar-refractivity contribution in [3.8, 4) is 0 Å². The molecular formula is C19H18ClF3N2O2. The second kappa shape index (κ2) is 8.37. The number of ether oxygens (including phenoxy) is 1. The number of carbonyl (C=O) groups excluding carboxylic acids is 1. The summed E-state index contributed by atoms with van der Waals surface area (Å²) in [6, 6.07) is 7.61. The molecule has 0 radical (unpaired) electrons. The van der Waals surface area contributed by atoms with Crippen LogP contribution in [0.3, 0.4) is 0 Å². The van der Waals surface area contributed by atoms with Crippen LogP contribution >= 0.6 is 11.6 Å². The van der Waals surface area contributed by atoms with Crippen LogP contribution in [-0.2, 0) is 28.5 Å². The van der Waals surface area contributed by atoms with Gasteiger partial charge in [0.1, 0.15) is 11.5 Å². The maximum absolute atomic E-state index is 12.5. The number of rotatable bonds is 5. The molecule has 144 valence electrons. The van der Waals surface area contributed by atoms with E-state index in [4.69, 9.17) is 16.3 Å². The second-order valence-electron chi connectivity index (χ2n) is 6.36. The highest BCUT2D eigenvalue weighted by Crippen LogP contribution is 2.28. The smallest absolute Gasteiger partial charge is 0.371 e. The predicted octanol–water partition coefficient (Wildman–Crippen LogP) is 3.77. The summed E-state index contributed by atoms with van der Waals surface area (Å²) in [7, 11) is 0. The Hall–Kier alpha value is -1.96. The van der Waals surface area contributed by atoms with E-state index in [1.54, 1.807) is 12.1 Å². The number of morpholine rings is 1. The van der Waals surface area contributed by atoms with Crippen molar-refractivity contribution in [1.82, 2.24) is 10.3 Å². The van der Waals surface area contributed by atoms with Crippen LogP contribution in [0.2, 0.25) is 5.02 Å². The summed E-state index contributed by atoms with van der Waals surface area (Å²) in [6.07, 6.45) is -3.38. The summed E-state index contributed by atoms with van der Waals surface area (Å²) >= 11 is 6.30. The zero-order valence-electron chi connectivity index (χ0n) is 14.4. The molecule has 0 amide bonds. The molecule has 4 nitrogen and oxygen atoms in total. The van der Waals surface area contributed by atoms with Crippen LogP contribution < -0.4 is 5.32 Å². The molecule has 1 aromatic heterocycles. The third-order valence-corrected chi connectivity index (χ3v) is 4.63. The molecular weight excluding hydrogens is 381 g/mol. The highest BCUT2D eigenvalue weighted by Gasteiger charge is 2.32. The Morgan fingerprint density at radius 2 is 2.07 bits per heavy atom. The van der Waals surface area contributed by atoms with Gasteiger partial charge in [0.25, 0.3) is 0 Å². The van der Waals surface area contributed by atoms with E-state index in [0.29, 0.717) is 29.3 Å². The number of halogens is 4. The monoisotopic (exact) mass is 398 g/mol. The van der Waals surface area contributed by atoms with E-state index in [9.17, 15) is 18.0 Å². The average molecular weight is 399 g/mol. The third kappa shape index (κ3) is 5.28. The van der Waals surface area contributed by atoms with Crippen molar-refractivity contribution in [2.45, 2.75) is 25.1 Å². The lowest BCUT2D eigenvalue weighted by Crippen LogP contribution is -2.33. The van der Waals surface area contributed by atoms with E-state index in [0.717, 1.165) is 24.4 Å². The van der Waals surface area contributed by atoms with Gasteiger partial charge >= 0.3 is 6.18 Å². The average Bonchev–Trinajstić information content (AvgIpc) is 2.64. The van der Waals surface area contributed by atoms with Gasteiger partial charge in [-0.25, -0.2) is 0 Å². The molecule has 2 aromatic rings. The fraction of sp³-hybridized carbons (Fsp3) is 0.368. The van der Waals surface area contributed by atoms with Crippen LogP contribution in [0.1, 0.15) is 28.5 Å². The Labute approximate surface area is 159 Å². The summed E-state index contributed by atoms with van der Waals surface area (Å²) in [5.41, 5.74) is 1.07. The number of ketones is 1. The zero-order valence-corrected chi connectivity index (χ0v) is 15.1. The fourth-order valence-electron chi connectivity index (χ4n) is 2.89. The molecule has 1 atom stereocenters. The topological polar surface area (TPSA) is 51.2 Å². The van der Waals surface area contributed by atoms with Gasteiger partial charge in [0.15, 0.2) is 0 Å². The first-order chi connectivity index (χ1) is 12.8. The first-order valence-electron chi connectivity index (χ1n) is 8.47. The van der Waals surface area contributed by atoms with E-state index < -0.39 is 11.9 Å². The van der Waals surface area contributed by atoms with Gasteiger partial charge in [0, 0.05) is 37.2 Å². The van der Waals surface area contributed by atoms with Gasteiger partial charge in [-0.3, -0.25) is 9.78 Å². The number of nitrogens with zero attached hydrogens (tertiary/aromatic N) is 1. The van der Waals surface area contributed by atoms with Crippen molar-refractivity contribution in [3.63, 3.8) is 0 Å². The van der Waals surface area contributed by atoms with Gasteiger partial charge in [-0.05, 0) is 28.8 Å². The predicted molar refractivity (Wildman–Crippen MR) is 94.7 cm³/mol. The number of hydrogen-bond acceptors (Lipinski definition) is 4. The fourth-order valence-corrected chi connectivity index (χ4v) is 3.14. The van der Waals surface area contributed by atoms with Gasteiger partial charge in [0.2, 0.25) is 0 Å². The van der Waals surface area contributed by atoms with Crippen molar-refractivity contribution in [2.75, 3.05) is 19.7 Å². The van der Waals surface area contributed by atoms with E-state index >= 15 is 0 Å². The SMILES string of the molecule is O=C(Cc1ccc(C(F)(F)F)nc1)Cc1ccc([C@H]2CNCCO2)cc1Cl. The molecule has 0 spiro atoms. The molecule has 3 rings (SSSR count). The number of aromatic nitrogens is 1. The zero-order chi connectivity index (χ0) is 19.4. The molecule has 1 fully saturated rings. The lowest BCUT2D eigenvalue weighted by atomic mass is 10.0. The first-order valence-corrected chi connectivity index (χ1v) is 8.85. The van der Waals surface area contributed by atoms with Crippen molar-refractivity contribution >= 4 is 17.4 Å². The Bertz CT molecular complexity index is 804. The second-order valence-corrected chi connectivity index (χ2v) is 6.76. The van der Waals surface area contributed by atoms with Crippen LogP contribution in [-0.4, -0.2) is 30.5 Å². The maximum Gasteiger partial charge on any atom is 0.433 e. The molecule has 1 aromatic carbocycles. The highest BCUT2D eigenvalue weighted by atomic mass is 35.5. The minimum Gasteiger partial charge on any atom is -0.371 e. The van der Waals surface area contributed by atoms with Gasteiger partial charge in [0.05, 0.1) is 12.7 Å². The first kappa shape index (κ1) is 19.8. The van der Waals surface area contributed by atoms with Crippen LogP contribution in [0.25, 0.3) is 0 Å². The minimum atomic E-state index is -4.49. The molecule has 1 saturated heterocycles. The van der Waals surface area contributed by atoms with Gasteiger partial charge in [-0.2, -0.15) is 13.2 Å². The van der Waals surface area contributed by atoms with Crippen molar-refractivity contribution in [1.29, 1.82) is 0 Å². The normalized spacial score (nSPS) is 17.7. The van der Waals surface area contributed by atoms with E-state index in [2.05, 4.69) is 10.3 Å². The van der Waals surface area contributed by atoms with Crippen molar-refractivity contribution in [3.05, 3.63) is 63.9 Å². The number of alkyl halides is 3. The molecule has 0 aliphatic carbocycles. The molecule has 1 aliphatic heterocycles. The molecule has 0 bridgehead atoms. The largest absolute Gasteiger partial charge is 0.433 e. The maximum atomic E-state index is 12.5. The standard InChI is InChI=1S/C19H18ClF3N2O2/c20-16-9-14(17-11-24-5-6-27-17)3-2-13(16)8-15(26)7-12-1-4-18(25-10-12)19(21,22)23/h1-4,9-10,17,24H,5-8,11H2/t17-/m1/s1. The van der Waals surface area contributed by atoms with E-state index in [-0.39, 0.29) is 24.7 Å². The number of Topliss-reactive ketones (excluding diaryl/α,β-unsaturated/α-hetero) is 1. The van der Waals surface area contributed by atoms with Crippen LogP contribution in [0.4, 0.5) is 13.2 Å². The number of hydrogen-bond donors (Lipinski definition) is 1. The number of carbonyl (C=O) groups is 1. The molecule has 1 aliphatic rings. The van der Waals surface area contributed by atoms with Crippen molar-refractivity contribution < 1.29 is 22.7 Å². The summed E-state index contributed by atoms with van der Waals surface area (Å²) in [5, 5.41) is 3.71. The van der Waals surface area contributed by atoms with E-state index in [1.807, 2.05) is 6.07 Å². The Balaban J connectivity index is 1.62. The minimum absolute atomic E-state index is 0.00112. The summed E-state index contributed by atoms with van der Waals surface area (Å²) < 4.78 is 43.2. The van der Waals surface area contributed by atoms with Crippen LogP contribution in [0.15, 0.2) is 36.5 Å². The van der Waals surface area contributed by atoms with Crippen LogP contribution in [0.5, 0.6) is 0 Å². The molecule has 0 unspecified atom stereocenters. The highest BCUT2D eigenvalue weighted by molar-refractivity contribution is 6.31.